The molecule has 6 nitrogen and oxygen atoms in total. The summed E-state index contributed by atoms with van der Waals surface area (Å²) in [4.78, 5) is 16.5. The molecular formula is C19H13F2N5O. The van der Waals surface area contributed by atoms with Gasteiger partial charge in [-0.3, -0.25) is 14.2 Å². The number of rotatable bonds is 4. The monoisotopic (exact) mass is 365 g/mol. The fourth-order valence-electron chi connectivity index (χ4n) is 2.65. The van der Waals surface area contributed by atoms with E-state index in [9.17, 15) is 13.6 Å². The van der Waals surface area contributed by atoms with E-state index in [1.54, 1.807) is 41.2 Å². The second-order valence-electron chi connectivity index (χ2n) is 5.84. The Bertz CT molecular complexity index is 1130. The molecule has 0 atom stereocenters. The zero-order chi connectivity index (χ0) is 18.8. The number of carbonyl (C=O) groups is 1. The molecule has 0 bridgehead atoms. The van der Waals surface area contributed by atoms with Gasteiger partial charge in [-0.25, -0.2) is 8.78 Å². The minimum atomic E-state index is -0.950. The molecule has 0 spiro atoms. The smallest absolute Gasteiger partial charge is 0.253 e. The molecule has 134 valence electrons. The summed E-state index contributed by atoms with van der Waals surface area (Å²) in [6, 6.07) is 10.4. The Morgan fingerprint density at radius 3 is 2.74 bits per heavy atom. The predicted molar refractivity (Wildman–Crippen MR) is 93.7 cm³/mol. The Labute approximate surface area is 152 Å². The Hall–Kier alpha value is -3.68. The SMILES string of the molecule is O=C(NCc1ccc(F)c(F)c1)c1ccc2nnc(-c3cccnc3)n2c1. The van der Waals surface area contributed by atoms with Gasteiger partial charge in [-0.15, -0.1) is 10.2 Å². The van der Waals surface area contributed by atoms with Crippen molar-refractivity contribution in [2.75, 3.05) is 0 Å². The zero-order valence-electron chi connectivity index (χ0n) is 13.9. The summed E-state index contributed by atoms with van der Waals surface area (Å²) in [7, 11) is 0. The van der Waals surface area contributed by atoms with Gasteiger partial charge in [-0.1, -0.05) is 6.07 Å². The molecule has 0 aliphatic carbocycles. The number of nitrogens with zero attached hydrogens (tertiary/aromatic N) is 4. The summed E-state index contributed by atoms with van der Waals surface area (Å²) in [5, 5.41) is 10.9. The normalized spacial score (nSPS) is 10.9. The molecule has 4 rings (SSSR count). The van der Waals surface area contributed by atoms with Crippen molar-refractivity contribution in [2.45, 2.75) is 6.54 Å². The van der Waals surface area contributed by atoms with Crippen LogP contribution in [0.4, 0.5) is 8.78 Å². The van der Waals surface area contributed by atoms with Gasteiger partial charge >= 0.3 is 0 Å². The molecule has 1 amide bonds. The molecule has 1 N–H and O–H groups in total. The van der Waals surface area contributed by atoms with Crippen LogP contribution in [0.3, 0.4) is 0 Å². The highest BCUT2D eigenvalue weighted by Crippen LogP contribution is 2.18. The molecule has 1 aromatic carbocycles. The van der Waals surface area contributed by atoms with Crippen LogP contribution in [0.5, 0.6) is 0 Å². The molecular weight excluding hydrogens is 352 g/mol. The number of hydrogen-bond donors (Lipinski definition) is 1. The first-order valence-corrected chi connectivity index (χ1v) is 8.09. The van der Waals surface area contributed by atoms with Gasteiger partial charge in [-0.2, -0.15) is 0 Å². The molecule has 0 radical (unpaired) electrons. The third-order valence-electron chi connectivity index (χ3n) is 4.02. The van der Waals surface area contributed by atoms with Crippen LogP contribution in [0.25, 0.3) is 17.0 Å². The predicted octanol–water partition coefficient (Wildman–Crippen LogP) is 3.00. The molecule has 0 saturated heterocycles. The van der Waals surface area contributed by atoms with Gasteiger partial charge in [0.15, 0.2) is 23.1 Å². The van der Waals surface area contributed by atoms with E-state index in [0.717, 1.165) is 17.7 Å². The molecule has 8 heteroatoms. The number of fused-ring (bicyclic) bond motifs is 1. The first kappa shape index (κ1) is 16.8. The van der Waals surface area contributed by atoms with Gasteiger partial charge in [-0.05, 0) is 42.0 Å². The summed E-state index contributed by atoms with van der Waals surface area (Å²) in [6.07, 6.45) is 4.94. The van der Waals surface area contributed by atoms with Crippen molar-refractivity contribution in [3.05, 3.63) is 83.8 Å². The van der Waals surface area contributed by atoms with E-state index in [-0.39, 0.29) is 12.5 Å². The van der Waals surface area contributed by atoms with E-state index < -0.39 is 11.6 Å². The molecule has 0 aliphatic rings. The standard InChI is InChI=1S/C19H13F2N5O/c20-15-5-3-12(8-16(15)21)9-23-19(27)14-4-6-17-24-25-18(26(17)11-14)13-2-1-7-22-10-13/h1-8,10-11H,9H2,(H,23,27). The topological polar surface area (TPSA) is 72.2 Å². The summed E-state index contributed by atoms with van der Waals surface area (Å²) >= 11 is 0. The van der Waals surface area contributed by atoms with Gasteiger partial charge in [0, 0.05) is 30.7 Å². The number of carbonyl (C=O) groups excluding carboxylic acids is 1. The number of benzene rings is 1. The fourth-order valence-corrected chi connectivity index (χ4v) is 2.65. The fraction of sp³-hybridized carbons (Fsp3) is 0.0526. The molecule has 0 saturated carbocycles. The van der Waals surface area contributed by atoms with Gasteiger partial charge in [0.1, 0.15) is 0 Å². The summed E-state index contributed by atoms with van der Waals surface area (Å²) < 4.78 is 27.9. The van der Waals surface area contributed by atoms with E-state index in [2.05, 4.69) is 20.5 Å². The number of aromatic nitrogens is 4. The van der Waals surface area contributed by atoms with Crippen molar-refractivity contribution in [2.24, 2.45) is 0 Å². The maximum absolute atomic E-state index is 13.3. The maximum Gasteiger partial charge on any atom is 0.253 e. The second kappa shape index (κ2) is 6.91. The average molecular weight is 365 g/mol. The third kappa shape index (κ3) is 3.37. The minimum Gasteiger partial charge on any atom is -0.348 e. The summed E-state index contributed by atoms with van der Waals surface area (Å²) in [6.45, 7) is 0.0751. The minimum absolute atomic E-state index is 0.0751. The summed E-state index contributed by atoms with van der Waals surface area (Å²) in [5.74, 6) is -1.67. The number of halogens is 2. The molecule has 3 aromatic heterocycles. The lowest BCUT2D eigenvalue weighted by Crippen LogP contribution is -2.23. The third-order valence-corrected chi connectivity index (χ3v) is 4.02. The largest absolute Gasteiger partial charge is 0.348 e. The van der Waals surface area contributed by atoms with Crippen molar-refractivity contribution in [3.8, 4) is 11.4 Å². The van der Waals surface area contributed by atoms with Gasteiger partial charge in [0.25, 0.3) is 5.91 Å². The second-order valence-corrected chi connectivity index (χ2v) is 5.84. The van der Waals surface area contributed by atoms with Crippen LogP contribution < -0.4 is 5.32 Å². The van der Waals surface area contributed by atoms with Crippen molar-refractivity contribution >= 4 is 11.6 Å². The lowest BCUT2D eigenvalue weighted by molar-refractivity contribution is 0.0950. The van der Waals surface area contributed by atoms with Gasteiger partial charge in [0.05, 0.1) is 5.56 Å². The molecule has 0 aliphatic heterocycles. The van der Waals surface area contributed by atoms with Crippen molar-refractivity contribution < 1.29 is 13.6 Å². The molecule has 27 heavy (non-hydrogen) atoms. The zero-order valence-corrected chi connectivity index (χ0v) is 13.9. The molecule has 4 aromatic rings. The van der Waals surface area contributed by atoms with Crippen LogP contribution >= 0.6 is 0 Å². The Morgan fingerprint density at radius 2 is 1.96 bits per heavy atom. The number of hydrogen-bond acceptors (Lipinski definition) is 4. The molecule has 0 fully saturated rings. The van der Waals surface area contributed by atoms with Gasteiger partial charge in [0.2, 0.25) is 0 Å². The Kier molecular flexibility index (Phi) is 4.29. The van der Waals surface area contributed by atoms with Crippen LogP contribution in [-0.4, -0.2) is 25.5 Å². The van der Waals surface area contributed by atoms with Crippen LogP contribution in [0.1, 0.15) is 15.9 Å². The highest BCUT2D eigenvalue weighted by atomic mass is 19.2. The molecule has 0 unspecified atom stereocenters. The van der Waals surface area contributed by atoms with E-state index in [0.29, 0.717) is 22.6 Å². The Balaban J connectivity index is 1.58. The van der Waals surface area contributed by atoms with E-state index in [1.165, 1.54) is 6.07 Å². The maximum atomic E-state index is 13.3. The number of nitrogens with one attached hydrogen (secondary N) is 1. The first-order chi connectivity index (χ1) is 13.1. The van der Waals surface area contributed by atoms with E-state index >= 15 is 0 Å². The first-order valence-electron chi connectivity index (χ1n) is 8.09. The van der Waals surface area contributed by atoms with Gasteiger partial charge < -0.3 is 5.32 Å². The van der Waals surface area contributed by atoms with Crippen LogP contribution in [0, 0.1) is 11.6 Å². The van der Waals surface area contributed by atoms with Crippen LogP contribution in [0.15, 0.2) is 61.1 Å². The van der Waals surface area contributed by atoms with Crippen LogP contribution in [-0.2, 0) is 6.54 Å². The lowest BCUT2D eigenvalue weighted by Gasteiger charge is -2.07. The van der Waals surface area contributed by atoms with Crippen LogP contribution in [0.2, 0.25) is 0 Å². The molecule has 3 heterocycles. The average Bonchev–Trinajstić information content (AvgIpc) is 3.12. The van der Waals surface area contributed by atoms with E-state index in [4.69, 9.17) is 0 Å². The quantitative estimate of drug-likeness (QED) is 0.603. The van der Waals surface area contributed by atoms with Crippen molar-refractivity contribution in [1.29, 1.82) is 0 Å². The highest BCUT2D eigenvalue weighted by molar-refractivity contribution is 5.94. The number of amides is 1. The van der Waals surface area contributed by atoms with Crippen molar-refractivity contribution in [1.82, 2.24) is 24.9 Å². The lowest BCUT2D eigenvalue weighted by atomic mass is 10.2. The van der Waals surface area contributed by atoms with Crippen molar-refractivity contribution in [3.63, 3.8) is 0 Å². The Morgan fingerprint density at radius 1 is 1.07 bits per heavy atom. The number of pyridine rings is 2. The summed E-state index contributed by atoms with van der Waals surface area (Å²) in [5.41, 5.74) is 2.20. The highest BCUT2D eigenvalue weighted by Gasteiger charge is 2.12. The van der Waals surface area contributed by atoms with E-state index in [1.807, 2.05) is 6.07 Å².